The van der Waals surface area contributed by atoms with E-state index in [9.17, 15) is 8.42 Å². The summed E-state index contributed by atoms with van der Waals surface area (Å²) < 4.78 is 26.9. The first-order valence-corrected chi connectivity index (χ1v) is 8.87. The van der Waals surface area contributed by atoms with Gasteiger partial charge in [-0.2, -0.15) is 5.26 Å². The van der Waals surface area contributed by atoms with Gasteiger partial charge in [0.15, 0.2) is 0 Å². The molecule has 6 heteroatoms. The lowest BCUT2D eigenvalue weighted by atomic mass is 9.98. The third-order valence-corrected chi connectivity index (χ3v) is 6.14. The Hall–Kier alpha value is -1.68. The maximum atomic E-state index is 12.1. The smallest absolute Gasteiger partial charge is 0.210 e. The molecular formula is C15H16N2O2S2. The molecule has 1 N–H and O–H groups in total. The standard InChI is InChI=1S/C15H16N2O2S2/c1-12(13-5-3-2-4-6-13)9-10-17-21(18,19)15-8-7-14(11-16)20-15/h2-8,12,17H,9-10H2,1H3. The third-order valence-electron chi connectivity index (χ3n) is 3.19. The SMILES string of the molecule is CC(CCNS(=O)(=O)c1ccc(C#N)s1)c1ccccc1. The number of hydrogen-bond acceptors (Lipinski definition) is 4. The van der Waals surface area contributed by atoms with Crippen LogP contribution in [0, 0.1) is 11.3 Å². The van der Waals surface area contributed by atoms with Gasteiger partial charge in [0.2, 0.25) is 10.0 Å². The van der Waals surface area contributed by atoms with E-state index in [1.807, 2.05) is 36.4 Å². The van der Waals surface area contributed by atoms with E-state index in [-0.39, 0.29) is 10.1 Å². The highest BCUT2D eigenvalue weighted by atomic mass is 32.2. The van der Waals surface area contributed by atoms with E-state index in [1.165, 1.54) is 17.7 Å². The maximum Gasteiger partial charge on any atom is 0.250 e. The molecule has 0 aliphatic rings. The van der Waals surface area contributed by atoms with E-state index in [2.05, 4.69) is 11.6 Å². The quantitative estimate of drug-likeness (QED) is 0.889. The van der Waals surface area contributed by atoms with E-state index >= 15 is 0 Å². The minimum absolute atomic E-state index is 0.186. The van der Waals surface area contributed by atoms with E-state index in [1.54, 1.807) is 0 Å². The van der Waals surface area contributed by atoms with Crippen LogP contribution in [0.15, 0.2) is 46.7 Å². The zero-order valence-corrected chi connectivity index (χ0v) is 13.2. The number of rotatable bonds is 6. The van der Waals surface area contributed by atoms with Gasteiger partial charge in [0.05, 0.1) is 0 Å². The summed E-state index contributed by atoms with van der Waals surface area (Å²) in [6, 6.07) is 14.9. The molecular weight excluding hydrogens is 304 g/mol. The van der Waals surface area contributed by atoms with Gasteiger partial charge in [0.25, 0.3) is 0 Å². The summed E-state index contributed by atoms with van der Waals surface area (Å²) >= 11 is 0.983. The first-order valence-electron chi connectivity index (χ1n) is 6.57. The van der Waals surface area contributed by atoms with Gasteiger partial charge in [0.1, 0.15) is 15.2 Å². The predicted molar refractivity (Wildman–Crippen MR) is 83.7 cm³/mol. The first-order chi connectivity index (χ1) is 10.0. The van der Waals surface area contributed by atoms with Gasteiger partial charge in [-0.05, 0) is 30.0 Å². The second-order valence-electron chi connectivity index (χ2n) is 4.73. The molecule has 1 atom stereocenters. The van der Waals surface area contributed by atoms with Crippen molar-refractivity contribution in [2.75, 3.05) is 6.54 Å². The van der Waals surface area contributed by atoms with Crippen LogP contribution >= 0.6 is 11.3 Å². The number of thiophene rings is 1. The fraction of sp³-hybridized carbons (Fsp3) is 0.267. The van der Waals surface area contributed by atoms with E-state index in [0.717, 1.165) is 17.8 Å². The molecule has 1 heterocycles. The molecule has 0 aliphatic carbocycles. The van der Waals surface area contributed by atoms with Crippen LogP contribution in [0.4, 0.5) is 0 Å². The van der Waals surface area contributed by atoms with Crippen LogP contribution in [0.5, 0.6) is 0 Å². The number of nitriles is 1. The van der Waals surface area contributed by atoms with Gasteiger partial charge in [0, 0.05) is 6.54 Å². The van der Waals surface area contributed by atoms with Crippen LogP contribution in [0.2, 0.25) is 0 Å². The van der Waals surface area contributed by atoms with Crippen molar-refractivity contribution >= 4 is 21.4 Å². The fourth-order valence-corrected chi connectivity index (χ4v) is 4.15. The Kier molecular flexibility index (Phi) is 5.12. The second-order valence-corrected chi connectivity index (χ2v) is 7.81. The van der Waals surface area contributed by atoms with Gasteiger partial charge in [-0.25, -0.2) is 13.1 Å². The third kappa shape index (κ3) is 4.14. The van der Waals surface area contributed by atoms with Crippen LogP contribution in [0.1, 0.15) is 29.7 Å². The van der Waals surface area contributed by atoms with Crippen molar-refractivity contribution in [1.82, 2.24) is 4.72 Å². The molecule has 1 unspecified atom stereocenters. The number of hydrogen-bond donors (Lipinski definition) is 1. The summed E-state index contributed by atoms with van der Waals surface area (Å²) in [4.78, 5) is 0.396. The number of benzene rings is 1. The Morgan fingerprint density at radius 1 is 1.24 bits per heavy atom. The monoisotopic (exact) mass is 320 g/mol. The van der Waals surface area contributed by atoms with Crippen molar-refractivity contribution in [3.63, 3.8) is 0 Å². The van der Waals surface area contributed by atoms with Crippen molar-refractivity contribution in [2.24, 2.45) is 0 Å². The summed E-state index contributed by atoms with van der Waals surface area (Å²) in [5, 5.41) is 8.74. The predicted octanol–water partition coefficient (Wildman–Crippen LogP) is 3.09. The lowest BCUT2D eigenvalue weighted by molar-refractivity contribution is 0.574. The molecule has 0 bridgehead atoms. The highest BCUT2D eigenvalue weighted by Crippen LogP contribution is 2.21. The largest absolute Gasteiger partial charge is 0.250 e. The normalized spacial score (nSPS) is 12.8. The number of nitrogens with zero attached hydrogens (tertiary/aromatic N) is 1. The zero-order valence-electron chi connectivity index (χ0n) is 11.6. The Bertz CT molecular complexity index is 731. The van der Waals surface area contributed by atoms with Crippen molar-refractivity contribution in [3.05, 3.63) is 52.9 Å². The summed E-state index contributed by atoms with van der Waals surface area (Å²) in [5.41, 5.74) is 1.19. The summed E-state index contributed by atoms with van der Waals surface area (Å²) in [6.45, 7) is 2.45. The maximum absolute atomic E-state index is 12.1. The topological polar surface area (TPSA) is 70.0 Å². The van der Waals surface area contributed by atoms with Crippen molar-refractivity contribution < 1.29 is 8.42 Å². The molecule has 0 amide bonds. The molecule has 110 valence electrons. The van der Waals surface area contributed by atoms with Crippen LogP contribution in [-0.2, 0) is 10.0 Å². The second kappa shape index (κ2) is 6.85. The minimum Gasteiger partial charge on any atom is -0.210 e. The molecule has 1 aromatic heterocycles. The van der Waals surface area contributed by atoms with E-state index < -0.39 is 10.0 Å². The van der Waals surface area contributed by atoms with Crippen molar-refractivity contribution in [1.29, 1.82) is 5.26 Å². The van der Waals surface area contributed by atoms with Gasteiger partial charge in [-0.15, -0.1) is 11.3 Å². The zero-order chi connectivity index (χ0) is 15.3. The molecule has 21 heavy (non-hydrogen) atoms. The molecule has 0 saturated heterocycles. The minimum atomic E-state index is -3.51. The Morgan fingerprint density at radius 2 is 1.95 bits per heavy atom. The first kappa shape index (κ1) is 15.7. The summed E-state index contributed by atoms with van der Waals surface area (Å²) in [5.74, 6) is 0.284. The van der Waals surface area contributed by atoms with Crippen molar-refractivity contribution in [3.8, 4) is 6.07 Å². The van der Waals surface area contributed by atoms with E-state index in [0.29, 0.717) is 11.4 Å². The van der Waals surface area contributed by atoms with E-state index in [4.69, 9.17) is 5.26 Å². The number of sulfonamides is 1. The Labute approximate surface area is 129 Å². The average Bonchev–Trinajstić information content (AvgIpc) is 2.98. The van der Waals surface area contributed by atoms with Crippen LogP contribution in [0.3, 0.4) is 0 Å². The lowest BCUT2D eigenvalue weighted by Crippen LogP contribution is -2.24. The average molecular weight is 320 g/mol. The molecule has 0 saturated carbocycles. The van der Waals surface area contributed by atoms with Gasteiger partial charge >= 0.3 is 0 Å². The summed E-state index contributed by atoms with van der Waals surface area (Å²) in [7, 11) is -3.51. The van der Waals surface area contributed by atoms with Crippen LogP contribution in [-0.4, -0.2) is 15.0 Å². The lowest BCUT2D eigenvalue weighted by Gasteiger charge is -2.12. The van der Waals surface area contributed by atoms with Gasteiger partial charge < -0.3 is 0 Å². The Morgan fingerprint density at radius 3 is 2.57 bits per heavy atom. The molecule has 0 spiro atoms. The molecule has 0 fully saturated rings. The van der Waals surface area contributed by atoms with Crippen LogP contribution < -0.4 is 4.72 Å². The van der Waals surface area contributed by atoms with Gasteiger partial charge in [-0.1, -0.05) is 37.3 Å². The van der Waals surface area contributed by atoms with Crippen molar-refractivity contribution in [2.45, 2.75) is 23.5 Å². The molecule has 2 rings (SSSR count). The molecule has 1 aromatic carbocycles. The molecule has 4 nitrogen and oxygen atoms in total. The Balaban J connectivity index is 1.92. The van der Waals surface area contributed by atoms with Crippen LogP contribution in [0.25, 0.3) is 0 Å². The van der Waals surface area contributed by atoms with Gasteiger partial charge in [-0.3, -0.25) is 0 Å². The molecule has 0 radical (unpaired) electrons. The molecule has 0 aliphatic heterocycles. The summed E-state index contributed by atoms with van der Waals surface area (Å²) in [6.07, 6.45) is 0.722. The molecule has 2 aromatic rings. The highest BCUT2D eigenvalue weighted by molar-refractivity contribution is 7.91. The fourth-order valence-electron chi connectivity index (χ4n) is 1.95. The number of nitrogens with one attached hydrogen (secondary N) is 1. The highest BCUT2D eigenvalue weighted by Gasteiger charge is 2.17.